The molecule has 2 aromatic rings. The molecule has 0 bridgehead atoms. The van der Waals surface area contributed by atoms with Crippen LogP contribution >= 0.6 is 23.4 Å². The van der Waals surface area contributed by atoms with E-state index in [1.807, 2.05) is 32.0 Å². The summed E-state index contributed by atoms with van der Waals surface area (Å²) in [5.41, 5.74) is 2.97. The second-order valence-electron chi connectivity index (χ2n) is 4.60. The molecule has 0 aliphatic carbocycles. The first kappa shape index (κ1) is 14.9. The summed E-state index contributed by atoms with van der Waals surface area (Å²) in [5.74, 6) is -0.888. The van der Waals surface area contributed by atoms with Crippen molar-refractivity contribution in [3.63, 3.8) is 0 Å². The number of aliphatic carboxylic acids is 1. The monoisotopic (exact) mass is 306 g/mol. The van der Waals surface area contributed by atoms with Gasteiger partial charge in [-0.1, -0.05) is 35.9 Å². The first-order chi connectivity index (χ1) is 9.49. The first-order valence-electron chi connectivity index (χ1n) is 6.20. The molecule has 4 heteroatoms. The van der Waals surface area contributed by atoms with Gasteiger partial charge >= 0.3 is 5.97 Å². The molecule has 1 atom stereocenters. The maximum Gasteiger partial charge on any atom is 0.321 e. The molecule has 20 heavy (non-hydrogen) atoms. The number of halogens is 1. The topological polar surface area (TPSA) is 37.3 Å². The van der Waals surface area contributed by atoms with Crippen molar-refractivity contribution >= 4 is 29.3 Å². The zero-order valence-corrected chi connectivity index (χ0v) is 12.8. The Kier molecular flexibility index (Phi) is 4.73. The number of carboxylic acid groups (broad SMARTS) is 1. The molecule has 0 fully saturated rings. The molecule has 0 aliphatic heterocycles. The van der Waals surface area contributed by atoms with Crippen molar-refractivity contribution < 1.29 is 9.90 Å². The molecule has 2 aromatic carbocycles. The lowest BCUT2D eigenvalue weighted by atomic mass is 10.1. The third-order valence-corrected chi connectivity index (χ3v) is 4.71. The van der Waals surface area contributed by atoms with Crippen molar-refractivity contribution in [1.29, 1.82) is 0 Å². The number of carboxylic acids is 1. The van der Waals surface area contributed by atoms with Gasteiger partial charge in [0, 0.05) is 9.92 Å². The van der Waals surface area contributed by atoms with Gasteiger partial charge in [-0.3, -0.25) is 4.79 Å². The van der Waals surface area contributed by atoms with Gasteiger partial charge in [0.25, 0.3) is 0 Å². The Morgan fingerprint density at radius 1 is 1.15 bits per heavy atom. The fourth-order valence-corrected chi connectivity index (χ4v) is 3.26. The van der Waals surface area contributed by atoms with E-state index in [-0.39, 0.29) is 0 Å². The lowest BCUT2D eigenvalue weighted by Gasteiger charge is -2.14. The van der Waals surface area contributed by atoms with Gasteiger partial charge < -0.3 is 5.11 Å². The van der Waals surface area contributed by atoms with E-state index in [0.29, 0.717) is 10.6 Å². The Morgan fingerprint density at radius 3 is 2.45 bits per heavy atom. The Bertz CT molecular complexity index is 640. The van der Waals surface area contributed by atoms with E-state index >= 15 is 0 Å². The van der Waals surface area contributed by atoms with Crippen LogP contribution in [-0.2, 0) is 4.79 Å². The van der Waals surface area contributed by atoms with Crippen LogP contribution in [0.2, 0.25) is 5.02 Å². The maximum atomic E-state index is 11.5. The first-order valence-corrected chi connectivity index (χ1v) is 7.46. The molecule has 0 spiro atoms. The Labute approximate surface area is 127 Å². The third-order valence-electron chi connectivity index (χ3n) is 3.14. The Hall–Kier alpha value is -1.45. The third kappa shape index (κ3) is 3.35. The van der Waals surface area contributed by atoms with E-state index in [2.05, 4.69) is 0 Å². The number of thioether (sulfide) groups is 1. The highest BCUT2D eigenvalue weighted by Gasteiger charge is 2.23. The molecule has 0 radical (unpaired) electrons. The quantitative estimate of drug-likeness (QED) is 0.818. The van der Waals surface area contributed by atoms with Gasteiger partial charge in [0.2, 0.25) is 0 Å². The highest BCUT2D eigenvalue weighted by atomic mass is 35.5. The predicted molar refractivity (Wildman–Crippen MR) is 83.6 cm³/mol. The molecular formula is C16H15ClO2S. The van der Waals surface area contributed by atoms with Gasteiger partial charge in [0.15, 0.2) is 0 Å². The highest BCUT2D eigenvalue weighted by Crippen LogP contribution is 2.38. The van der Waals surface area contributed by atoms with E-state index in [1.54, 1.807) is 24.3 Å². The van der Waals surface area contributed by atoms with Crippen molar-refractivity contribution in [3.8, 4) is 0 Å². The SMILES string of the molecule is Cc1ccc(SC(C(=O)O)c2ccccc2Cl)cc1C. The molecule has 0 saturated heterocycles. The minimum Gasteiger partial charge on any atom is -0.480 e. The number of hydrogen-bond donors (Lipinski definition) is 1. The summed E-state index contributed by atoms with van der Waals surface area (Å²) < 4.78 is 0. The van der Waals surface area contributed by atoms with Crippen molar-refractivity contribution in [1.82, 2.24) is 0 Å². The minimum atomic E-state index is -0.888. The average Bonchev–Trinajstić information content (AvgIpc) is 2.41. The molecule has 1 unspecified atom stereocenters. The average molecular weight is 307 g/mol. The van der Waals surface area contributed by atoms with Crippen LogP contribution in [0.15, 0.2) is 47.4 Å². The van der Waals surface area contributed by atoms with E-state index in [1.165, 1.54) is 17.3 Å². The predicted octanol–water partition coefficient (Wildman–Crippen LogP) is 4.87. The second-order valence-corrected chi connectivity index (χ2v) is 6.19. The molecule has 1 N–H and O–H groups in total. The standard InChI is InChI=1S/C16H15ClO2S/c1-10-7-8-12(9-11(10)2)20-15(16(18)19)13-5-3-4-6-14(13)17/h3-9,15H,1-2H3,(H,18,19). The molecule has 2 rings (SSSR count). The number of benzene rings is 2. The van der Waals surface area contributed by atoms with Crippen LogP contribution < -0.4 is 0 Å². The summed E-state index contributed by atoms with van der Waals surface area (Å²) >= 11 is 7.41. The van der Waals surface area contributed by atoms with Crippen molar-refractivity contribution in [2.75, 3.05) is 0 Å². The fourth-order valence-electron chi connectivity index (χ4n) is 1.86. The maximum absolute atomic E-state index is 11.5. The van der Waals surface area contributed by atoms with Gasteiger partial charge in [0.1, 0.15) is 5.25 Å². The smallest absolute Gasteiger partial charge is 0.321 e. The summed E-state index contributed by atoms with van der Waals surface area (Å²) in [6, 6.07) is 13.0. The van der Waals surface area contributed by atoms with Gasteiger partial charge in [0.05, 0.1) is 0 Å². The molecule has 0 aromatic heterocycles. The van der Waals surface area contributed by atoms with Gasteiger partial charge in [-0.05, 0) is 48.7 Å². The van der Waals surface area contributed by atoms with Crippen LogP contribution in [0.25, 0.3) is 0 Å². The molecule has 104 valence electrons. The molecular weight excluding hydrogens is 292 g/mol. The van der Waals surface area contributed by atoms with Gasteiger partial charge in [-0.25, -0.2) is 0 Å². The van der Waals surface area contributed by atoms with E-state index in [9.17, 15) is 9.90 Å². The second kappa shape index (κ2) is 6.33. The molecule has 0 saturated carbocycles. The van der Waals surface area contributed by atoms with Gasteiger partial charge in [-0.15, -0.1) is 11.8 Å². The number of rotatable bonds is 4. The van der Waals surface area contributed by atoms with Crippen molar-refractivity contribution in [2.24, 2.45) is 0 Å². The molecule has 0 heterocycles. The fraction of sp³-hybridized carbons (Fsp3) is 0.188. The largest absolute Gasteiger partial charge is 0.480 e. The summed E-state index contributed by atoms with van der Waals surface area (Å²) in [4.78, 5) is 12.5. The number of carbonyl (C=O) groups is 1. The van der Waals surface area contributed by atoms with Crippen LogP contribution in [0.4, 0.5) is 0 Å². The van der Waals surface area contributed by atoms with E-state index < -0.39 is 11.2 Å². The molecule has 0 amide bonds. The van der Waals surface area contributed by atoms with E-state index in [0.717, 1.165) is 10.5 Å². The van der Waals surface area contributed by atoms with Crippen molar-refractivity contribution in [2.45, 2.75) is 24.0 Å². The van der Waals surface area contributed by atoms with Crippen LogP contribution in [0.5, 0.6) is 0 Å². The molecule has 2 nitrogen and oxygen atoms in total. The Balaban J connectivity index is 2.33. The zero-order chi connectivity index (χ0) is 14.7. The Morgan fingerprint density at radius 2 is 1.85 bits per heavy atom. The van der Waals surface area contributed by atoms with Crippen LogP contribution in [-0.4, -0.2) is 11.1 Å². The summed E-state index contributed by atoms with van der Waals surface area (Å²) in [6.45, 7) is 4.05. The lowest BCUT2D eigenvalue weighted by Crippen LogP contribution is -2.08. The summed E-state index contributed by atoms with van der Waals surface area (Å²) in [5, 5.41) is 9.24. The normalized spacial score (nSPS) is 12.2. The van der Waals surface area contributed by atoms with Crippen LogP contribution in [0, 0.1) is 13.8 Å². The zero-order valence-electron chi connectivity index (χ0n) is 11.3. The summed E-state index contributed by atoms with van der Waals surface area (Å²) in [7, 11) is 0. The summed E-state index contributed by atoms with van der Waals surface area (Å²) in [6.07, 6.45) is 0. The minimum absolute atomic E-state index is 0.483. The number of hydrogen-bond acceptors (Lipinski definition) is 2. The van der Waals surface area contributed by atoms with Gasteiger partial charge in [-0.2, -0.15) is 0 Å². The van der Waals surface area contributed by atoms with Crippen LogP contribution in [0.3, 0.4) is 0 Å². The van der Waals surface area contributed by atoms with Crippen molar-refractivity contribution in [3.05, 3.63) is 64.2 Å². The highest BCUT2D eigenvalue weighted by molar-refractivity contribution is 8.00. The van der Waals surface area contributed by atoms with E-state index in [4.69, 9.17) is 11.6 Å². The van der Waals surface area contributed by atoms with Crippen LogP contribution in [0.1, 0.15) is 21.9 Å². The molecule has 0 aliphatic rings. The number of aryl methyl sites for hydroxylation is 2. The lowest BCUT2D eigenvalue weighted by molar-refractivity contribution is -0.136.